The van der Waals surface area contributed by atoms with Gasteiger partial charge in [-0.3, -0.25) is 14.5 Å². The van der Waals surface area contributed by atoms with Crippen LogP contribution in [0.25, 0.3) is 0 Å². The number of piperidine rings is 1. The number of amides is 2. The number of primary amides is 1. The first-order valence-corrected chi connectivity index (χ1v) is 9.00. The second-order valence-corrected chi connectivity index (χ2v) is 6.94. The highest BCUT2D eigenvalue weighted by Crippen LogP contribution is 2.22. The number of carbonyl (C=O) groups excluding carboxylic acids is 2. The van der Waals surface area contributed by atoms with Crippen molar-refractivity contribution in [1.82, 2.24) is 4.90 Å². The van der Waals surface area contributed by atoms with E-state index in [0.717, 1.165) is 32.5 Å². The number of carbonyl (C=O) groups is 2. The SMILES string of the molecule is Cc1cccc(CN2CCC(C(=O)Nc3ccccc3C(N)=O)CC2)c1. The fraction of sp³-hybridized carbons (Fsp3) is 0.333. The van der Waals surface area contributed by atoms with Crippen LogP contribution in [0, 0.1) is 12.8 Å². The van der Waals surface area contributed by atoms with Gasteiger partial charge in [0.2, 0.25) is 5.91 Å². The van der Waals surface area contributed by atoms with Crippen molar-refractivity contribution in [3.63, 3.8) is 0 Å². The van der Waals surface area contributed by atoms with Gasteiger partial charge in [-0.15, -0.1) is 0 Å². The van der Waals surface area contributed by atoms with Gasteiger partial charge in [-0.2, -0.15) is 0 Å². The number of nitrogens with two attached hydrogens (primary N) is 1. The molecular formula is C21H25N3O2. The van der Waals surface area contributed by atoms with Crippen LogP contribution in [0.2, 0.25) is 0 Å². The van der Waals surface area contributed by atoms with Crippen LogP contribution in [-0.2, 0) is 11.3 Å². The van der Waals surface area contributed by atoms with Crippen LogP contribution in [0.5, 0.6) is 0 Å². The number of para-hydroxylation sites is 1. The van der Waals surface area contributed by atoms with E-state index in [4.69, 9.17) is 5.73 Å². The maximum atomic E-state index is 12.6. The number of benzene rings is 2. The minimum Gasteiger partial charge on any atom is -0.366 e. The molecule has 1 heterocycles. The van der Waals surface area contributed by atoms with Gasteiger partial charge in [-0.1, -0.05) is 42.0 Å². The smallest absolute Gasteiger partial charge is 0.250 e. The fourth-order valence-electron chi connectivity index (χ4n) is 3.46. The van der Waals surface area contributed by atoms with Gasteiger partial charge in [0.25, 0.3) is 5.91 Å². The highest BCUT2D eigenvalue weighted by molar-refractivity contribution is 6.03. The first-order chi connectivity index (χ1) is 12.5. The summed E-state index contributed by atoms with van der Waals surface area (Å²) in [5.41, 5.74) is 8.79. The van der Waals surface area contributed by atoms with Gasteiger partial charge in [0.15, 0.2) is 0 Å². The zero-order valence-electron chi connectivity index (χ0n) is 15.1. The number of rotatable bonds is 5. The molecule has 136 valence electrons. The molecule has 0 spiro atoms. The summed E-state index contributed by atoms with van der Waals surface area (Å²) in [6.07, 6.45) is 1.63. The third-order valence-corrected chi connectivity index (χ3v) is 4.90. The lowest BCUT2D eigenvalue weighted by Crippen LogP contribution is -2.38. The number of aryl methyl sites for hydroxylation is 1. The van der Waals surface area contributed by atoms with Gasteiger partial charge in [-0.05, 0) is 50.6 Å². The fourth-order valence-corrected chi connectivity index (χ4v) is 3.46. The predicted molar refractivity (Wildman–Crippen MR) is 103 cm³/mol. The summed E-state index contributed by atoms with van der Waals surface area (Å²) < 4.78 is 0. The van der Waals surface area contributed by atoms with E-state index in [0.29, 0.717) is 11.3 Å². The molecule has 0 bridgehead atoms. The van der Waals surface area contributed by atoms with Crippen LogP contribution in [-0.4, -0.2) is 29.8 Å². The quantitative estimate of drug-likeness (QED) is 0.870. The average Bonchev–Trinajstić information content (AvgIpc) is 2.62. The van der Waals surface area contributed by atoms with E-state index in [1.54, 1.807) is 24.3 Å². The van der Waals surface area contributed by atoms with Crippen LogP contribution in [0.1, 0.15) is 34.3 Å². The Morgan fingerprint density at radius 1 is 1.12 bits per heavy atom. The highest BCUT2D eigenvalue weighted by atomic mass is 16.2. The molecule has 3 N–H and O–H groups in total. The lowest BCUT2D eigenvalue weighted by molar-refractivity contribution is -0.121. The van der Waals surface area contributed by atoms with E-state index < -0.39 is 5.91 Å². The molecule has 26 heavy (non-hydrogen) atoms. The molecule has 0 aliphatic carbocycles. The maximum absolute atomic E-state index is 12.6. The lowest BCUT2D eigenvalue weighted by Gasteiger charge is -2.31. The van der Waals surface area contributed by atoms with Gasteiger partial charge >= 0.3 is 0 Å². The van der Waals surface area contributed by atoms with E-state index in [1.165, 1.54) is 11.1 Å². The van der Waals surface area contributed by atoms with Gasteiger partial charge in [-0.25, -0.2) is 0 Å². The van der Waals surface area contributed by atoms with E-state index >= 15 is 0 Å². The monoisotopic (exact) mass is 351 g/mol. The number of likely N-dealkylation sites (tertiary alicyclic amines) is 1. The molecular weight excluding hydrogens is 326 g/mol. The molecule has 0 radical (unpaired) electrons. The number of hydrogen-bond acceptors (Lipinski definition) is 3. The van der Waals surface area contributed by atoms with Crippen molar-refractivity contribution in [2.24, 2.45) is 11.7 Å². The van der Waals surface area contributed by atoms with E-state index in [2.05, 4.69) is 41.4 Å². The normalized spacial score (nSPS) is 15.6. The molecule has 3 rings (SSSR count). The van der Waals surface area contributed by atoms with Crippen LogP contribution in [0.4, 0.5) is 5.69 Å². The minimum absolute atomic E-state index is 0.0334. The Labute approximate surface area is 154 Å². The number of nitrogens with one attached hydrogen (secondary N) is 1. The second kappa shape index (κ2) is 8.15. The topological polar surface area (TPSA) is 75.4 Å². The lowest BCUT2D eigenvalue weighted by atomic mass is 9.95. The Hall–Kier alpha value is -2.66. The molecule has 1 saturated heterocycles. The molecule has 5 heteroatoms. The first kappa shape index (κ1) is 18.1. The van der Waals surface area contributed by atoms with Crippen molar-refractivity contribution in [2.75, 3.05) is 18.4 Å². The summed E-state index contributed by atoms with van der Waals surface area (Å²) in [6, 6.07) is 15.4. The largest absolute Gasteiger partial charge is 0.366 e. The Kier molecular flexibility index (Phi) is 5.68. The number of hydrogen-bond donors (Lipinski definition) is 2. The molecule has 1 aliphatic heterocycles. The maximum Gasteiger partial charge on any atom is 0.250 e. The molecule has 2 aromatic carbocycles. The molecule has 1 fully saturated rings. The molecule has 0 saturated carbocycles. The summed E-state index contributed by atoms with van der Waals surface area (Å²) in [5.74, 6) is -0.604. The minimum atomic E-state index is -0.533. The standard InChI is InChI=1S/C21H25N3O2/c1-15-5-4-6-16(13-15)14-24-11-9-17(10-12-24)21(26)23-19-8-3-2-7-18(19)20(22)25/h2-8,13,17H,9-12,14H2,1H3,(H2,22,25)(H,23,26). The van der Waals surface area contributed by atoms with Crippen molar-refractivity contribution < 1.29 is 9.59 Å². The van der Waals surface area contributed by atoms with Crippen molar-refractivity contribution in [3.05, 3.63) is 65.2 Å². The third kappa shape index (κ3) is 4.49. The molecule has 2 amide bonds. The molecule has 0 aromatic heterocycles. The predicted octanol–water partition coefficient (Wildman–Crippen LogP) is 2.94. The van der Waals surface area contributed by atoms with E-state index in [9.17, 15) is 9.59 Å². The zero-order chi connectivity index (χ0) is 18.5. The Bertz CT molecular complexity index is 795. The van der Waals surface area contributed by atoms with Crippen molar-refractivity contribution in [2.45, 2.75) is 26.3 Å². The molecule has 0 atom stereocenters. The first-order valence-electron chi connectivity index (χ1n) is 9.00. The highest BCUT2D eigenvalue weighted by Gasteiger charge is 2.25. The average molecular weight is 351 g/mol. The van der Waals surface area contributed by atoms with Crippen LogP contribution in [0.3, 0.4) is 0 Å². The second-order valence-electron chi connectivity index (χ2n) is 6.94. The van der Waals surface area contributed by atoms with Crippen LogP contribution >= 0.6 is 0 Å². The third-order valence-electron chi connectivity index (χ3n) is 4.90. The van der Waals surface area contributed by atoms with Crippen molar-refractivity contribution in [1.29, 1.82) is 0 Å². The molecule has 1 aliphatic rings. The summed E-state index contributed by atoms with van der Waals surface area (Å²) in [4.78, 5) is 26.4. The Balaban J connectivity index is 1.55. The summed E-state index contributed by atoms with van der Waals surface area (Å²) >= 11 is 0. The summed E-state index contributed by atoms with van der Waals surface area (Å²) in [7, 11) is 0. The van der Waals surface area contributed by atoms with Gasteiger partial charge in [0.05, 0.1) is 11.3 Å². The van der Waals surface area contributed by atoms with Gasteiger partial charge in [0.1, 0.15) is 0 Å². The molecule has 2 aromatic rings. The van der Waals surface area contributed by atoms with Gasteiger partial charge < -0.3 is 11.1 Å². The Morgan fingerprint density at radius 2 is 1.85 bits per heavy atom. The van der Waals surface area contributed by atoms with Gasteiger partial charge in [0, 0.05) is 12.5 Å². The van der Waals surface area contributed by atoms with Crippen LogP contribution < -0.4 is 11.1 Å². The summed E-state index contributed by atoms with van der Waals surface area (Å²) in [6.45, 7) is 4.80. The zero-order valence-corrected chi connectivity index (χ0v) is 15.1. The molecule has 0 unspecified atom stereocenters. The number of nitrogens with zero attached hydrogens (tertiary/aromatic N) is 1. The number of anilines is 1. The summed E-state index contributed by atoms with van der Waals surface area (Å²) in [5, 5.41) is 2.88. The van der Waals surface area contributed by atoms with E-state index in [-0.39, 0.29) is 11.8 Å². The van der Waals surface area contributed by atoms with Crippen molar-refractivity contribution in [3.8, 4) is 0 Å². The Morgan fingerprint density at radius 3 is 2.54 bits per heavy atom. The van der Waals surface area contributed by atoms with E-state index in [1.807, 2.05) is 0 Å². The molecule has 5 nitrogen and oxygen atoms in total. The van der Waals surface area contributed by atoms with Crippen LogP contribution in [0.15, 0.2) is 48.5 Å². The van der Waals surface area contributed by atoms with Crippen molar-refractivity contribution >= 4 is 17.5 Å².